The first kappa shape index (κ1) is 13.6. The molecule has 0 spiro atoms. The van der Waals surface area contributed by atoms with Crippen LogP contribution in [0.5, 0.6) is 0 Å². The molecule has 0 bridgehead atoms. The first-order chi connectivity index (χ1) is 10.1. The Kier molecular flexibility index (Phi) is 3.62. The molecule has 0 atom stereocenters. The van der Waals surface area contributed by atoms with Gasteiger partial charge in [-0.05, 0) is 43.3 Å². The highest BCUT2D eigenvalue weighted by atomic mass is 32.2. The number of benzene rings is 2. The Morgan fingerprint density at radius 1 is 1.10 bits per heavy atom. The number of carboxylic acids is 1. The summed E-state index contributed by atoms with van der Waals surface area (Å²) in [5, 5.41) is 10.0. The molecule has 0 aliphatic carbocycles. The maximum atomic E-state index is 10.9. The van der Waals surface area contributed by atoms with E-state index in [0.717, 1.165) is 26.4 Å². The summed E-state index contributed by atoms with van der Waals surface area (Å²) in [4.78, 5) is 17.5. The van der Waals surface area contributed by atoms with Crippen LogP contribution in [0.1, 0.15) is 16.1 Å². The van der Waals surface area contributed by atoms with Crippen LogP contribution in [-0.2, 0) is 0 Å². The lowest BCUT2D eigenvalue weighted by atomic mass is 10.2. The summed E-state index contributed by atoms with van der Waals surface area (Å²) in [7, 11) is 0. The molecule has 3 aromatic rings. The van der Waals surface area contributed by atoms with Crippen LogP contribution in [0, 0.1) is 6.92 Å². The number of aromatic carboxylic acids is 1. The predicted molar refractivity (Wildman–Crippen MR) is 84.0 cm³/mol. The predicted octanol–water partition coefficient (Wildman–Crippen LogP) is 4.39. The molecule has 0 aliphatic heterocycles. The monoisotopic (exact) mass is 295 g/mol. The Hall–Kier alpha value is -2.33. The van der Waals surface area contributed by atoms with E-state index < -0.39 is 5.97 Å². The number of carbonyl (C=O) groups is 1. The maximum absolute atomic E-state index is 10.9. The summed E-state index contributed by atoms with van der Waals surface area (Å²) >= 11 is 1.62. The molecule has 0 unspecified atom stereocenters. The van der Waals surface area contributed by atoms with E-state index in [9.17, 15) is 4.79 Å². The summed E-state index contributed by atoms with van der Waals surface area (Å²) in [6, 6.07) is 17.0. The van der Waals surface area contributed by atoms with E-state index in [1.54, 1.807) is 23.9 Å². The summed E-state index contributed by atoms with van der Waals surface area (Å²) < 4.78 is 0. The molecule has 1 heterocycles. The van der Waals surface area contributed by atoms with E-state index in [-0.39, 0.29) is 0 Å². The van der Waals surface area contributed by atoms with Crippen molar-refractivity contribution in [2.75, 3.05) is 0 Å². The van der Waals surface area contributed by atoms with Gasteiger partial charge in [-0.15, -0.1) is 0 Å². The van der Waals surface area contributed by atoms with Gasteiger partial charge in [0.2, 0.25) is 0 Å². The fourth-order valence-corrected chi connectivity index (χ4v) is 3.18. The molecule has 0 radical (unpaired) electrons. The molecule has 4 heteroatoms. The molecule has 1 N–H and O–H groups in total. The van der Waals surface area contributed by atoms with E-state index >= 15 is 0 Å². The van der Waals surface area contributed by atoms with Crippen molar-refractivity contribution < 1.29 is 9.90 Å². The van der Waals surface area contributed by atoms with Gasteiger partial charge < -0.3 is 5.11 Å². The quantitative estimate of drug-likeness (QED) is 0.778. The maximum Gasteiger partial charge on any atom is 0.335 e. The van der Waals surface area contributed by atoms with Crippen molar-refractivity contribution in [1.29, 1.82) is 0 Å². The third kappa shape index (κ3) is 2.90. The third-order valence-corrected chi connectivity index (χ3v) is 4.20. The van der Waals surface area contributed by atoms with Crippen molar-refractivity contribution in [3.05, 3.63) is 65.9 Å². The Bertz CT molecular complexity index is 813. The highest BCUT2D eigenvalue weighted by Crippen LogP contribution is 2.33. The lowest BCUT2D eigenvalue weighted by molar-refractivity contribution is 0.0697. The third-order valence-electron chi connectivity index (χ3n) is 3.14. The zero-order valence-electron chi connectivity index (χ0n) is 11.4. The lowest BCUT2D eigenvalue weighted by Crippen LogP contribution is -1.94. The van der Waals surface area contributed by atoms with Crippen molar-refractivity contribution in [2.45, 2.75) is 16.7 Å². The number of aromatic nitrogens is 1. The number of pyridine rings is 1. The minimum Gasteiger partial charge on any atom is -0.478 e. The Labute approximate surface area is 126 Å². The van der Waals surface area contributed by atoms with Crippen LogP contribution in [0.25, 0.3) is 10.9 Å². The van der Waals surface area contributed by atoms with E-state index in [4.69, 9.17) is 5.11 Å². The van der Waals surface area contributed by atoms with Crippen molar-refractivity contribution in [3.63, 3.8) is 0 Å². The van der Waals surface area contributed by atoms with Crippen molar-refractivity contribution in [3.8, 4) is 0 Å². The average Bonchev–Trinajstić information content (AvgIpc) is 2.47. The fraction of sp³-hybridized carbons (Fsp3) is 0.0588. The van der Waals surface area contributed by atoms with Gasteiger partial charge in [0.05, 0.1) is 11.1 Å². The SMILES string of the molecule is Cc1cc(Sc2ccc(C(=O)O)cc2)c2ccccc2n1. The number of rotatable bonds is 3. The summed E-state index contributed by atoms with van der Waals surface area (Å²) in [5.74, 6) is -0.906. The summed E-state index contributed by atoms with van der Waals surface area (Å²) in [5.41, 5.74) is 2.25. The van der Waals surface area contributed by atoms with Crippen LogP contribution in [0.3, 0.4) is 0 Å². The molecule has 0 fully saturated rings. The normalized spacial score (nSPS) is 10.7. The van der Waals surface area contributed by atoms with Gasteiger partial charge in [0, 0.05) is 20.9 Å². The Morgan fingerprint density at radius 3 is 2.52 bits per heavy atom. The van der Waals surface area contributed by atoms with E-state index in [1.165, 1.54) is 0 Å². The minimum atomic E-state index is -0.906. The molecule has 0 aliphatic rings. The van der Waals surface area contributed by atoms with Crippen molar-refractivity contribution in [2.24, 2.45) is 0 Å². The molecular weight excluding hydrogens is 282 g/mol. The molecule has 1 aromatic heterocycles. The number of hydrogen-bond acceptors (Lipinski definition) is 3. The van der Waals surface area contributed by atoms with Crippen LogP contribution >= 0.6 is 11.8 Å². The standard InChI is InChI=1S/C17H13NO2S/c1-11-10-16(14-4-2-3-5-15(14)18-11)21-13-8-6-12(7-9-13)17(19)20/h2-10H,1H3,(H,19,20). The molecule has 104 valence electrons. The van der Waals surface area contributed by atoms with Gasteiger partial charge in [0.25, 0.3) is 0 Å². The van der Waals surface area contributed by atoms with E-state index in [2.05, 4.69) is 17.1 Å². The van der Waals surface area contributed by atoms with Crippen LogP contribution in [0.2, 0.25) is 0 Å². The number of carboxylic acid groups (broad SMARTS) is 1. The van der Waals surface area contributed by atoms with E-state index in [1.807, 2.05) is 37.3 Å². The molecule has 0 saturated heterocycles. The van der Waals surface area contributed by atoms with Crippen molar-refractivity contribution in [1.82, 2.24) is 4.98 Å². The molecule has 0 saturated carbocycles. The van der Waals surface area contributed by atoms with Gasteiger partial charge in [-0.1, -0.05) is 30.0 Å². The molecule has 21 heavy (non-hydrogen) atoms. The highest BCUT2D eigenvalue weighted by Gasteiger charge is 2.07. The second kappa shape index (κ2) is 5.58. The summed E-state index contributed by atoms with van der Waals surface area (Å²) in [6.07, 6.45) is 0. The number of fused-ring (bicyclic) bond motifs is 1. The molecule has 3 rings (SSSR count). The van der Waals surface area contributed by atoms with Crippen LogP contribution in [0.4, 0.5) is 0 Å². The number of hydrogen-bond donors (Lipinski definition) is 1. The lowest BCUT2D eigenvalue weighted by Gasteiger charge is -2.07. The van der Waals surface area contributed by atoms with Crippen LogP contribution < -0.4 is 0 Å². The largest absolute Gasteiger partial charge is 0.478 e. The minimum absolute atomic E-state index is 0.301. The van der Waals surface area contributed by atoms with Gasteiger partial charge in [0.1, 0.15) is 0 Å². The van der Waals surface area contributed by atoms with Gasteiger partial charge in [-0.25, -0.2) is 4.79 Å². The fourth-order valence-electron chi connectivity index (χ4n) is 2.15. The first-order valence-corrected chi connectivity index (χ1v) is 7.33. The first-order valence-electron chi connectivity index (χ1n) is 6.51. The Morgan fingerprint density at radius 2 is 1.81 bits per heavy atom. The van der Waals surface area contributed by atoms with Gasteiger partial charge >= 0.3 is 5.97 Å². The van der Waals surface area contributed by atoms with Crippen molar-refractivity contribution >= 4 is 28.6 Å². The number of aryl methyl sites for hydroxylation is 1. The average molecular weight is 295 g/mol. The zero-order chi connectivity index (χ0) is 14.8. The second-order valence-corrected chi connectivity index (χ2v) is 5.83. The van der Waals surface area contributed by atoms with Gasteiger partial charge in [-0.3, -0.25) is 4.98 Å². The molecule has 0 amide bonds. The molecule has 3 nitrogen and oxygen atoms in total. The summed E-state index contributed by atoms with van der Waals surface area (Å²) in [6.45, 7) is 1.98. The topological polar surface area (TPSA) is 50.2 Å². The zero-order valence-corrected chi connectivity index (χ0v) is 12.2. The van der Waals surface area contributed by atoms with Gasteiger partial charge in [0.15, 0.2) is 0 Å². The number of para-hydroxylation sites is 1. The van der Waals surface area contributed by atoms with Crippen LogP contribution in [0.15, 0.2) is 64.4 Å². The Balaban J connectivity index is 1.99. The van der Waals surface area contributed by atoms with Gasteiger partial charge in [-0.2, -0.15) is 0 Å². The van der Waals surface area contributed by atoms with Crippen LogP contribution in [-0.4, -0.2) is 16.1 Å². The smallest absolute Gasteiger partial charge is 0.335 e. The second-order valence-electron chi connectivity index (χ2n) is 4.71. The molecule has 2 aromatic carbocycles. The highest BCUT2D eigenvalue weighted by molar-refractivity contribution is 7.99. The number of nitrogens with zero attached hydrogens (tertiary/aromatic N) is 1. The molecular formula is C17H13NO2S. The van der Waals surface area contributed by atoms with E-state index in [0.29, 0.717) is 5.56 Å².